The molecule has 0 aromatic rings. The van der Waals surface area contributed by atoms with Gasteiger partial charge < -0.3 is 16.8 Å². The van der Waals surface area contributed by atoms with E-state index in [1.165, 1.54) is 6.42 Å². The molecule has 0 aromatic carbocycles. The first-order chi connectivity index (χ1) is 6.88. The third-order valence-corrected chi connectivity index (χ3v) is 2.86. The Balaban J connectivity index is 2.26. The molecular formula is C10H24N4. The lowest BCUT2D eigenvalue weighted by Crippen LogP contribution is -2.51. The van der Waals surface area contributed by atoms with Gasteiger partial charge in [-0.25, -0.2) is 0 Å². The van der Waals surface area contributed by atoms with Crippen molar-refractivity contribution < 1.29 is 0 Å². The van der Waals surface area contributed by atoms with Crippen LogP contribution in [-0.4, -0.2) is 50.2 Å². The average Bonchev–Trinajstić information content (AvgIpc) is 2.24. The van der Waals surface area contributed by atoms with Crippen molar-refractivity contribution in [3.63, 3.8) is 0 Å². The lowest BCUT2D eigenvalue weighted by atomic mass is 10.1. The Bertz CT molecular complexity index is 124. The first-order valence-corrected chi connectivity index (χ1v) is 5.73. The molecule has 4 heteroatoms. The molecule has 0 saturated carbocycles. The Morgan fingerprint density at radius 2 is 2.00 bits per heavy atom. The van der Waals surface area contributed by atoms with Crippen LogP contribution in [0.25, 0.3) is 0 Å². The van der Waals surface area contributed by atoms with Crippen molar-refractivity contribution in [2.45, 2.75) is 25.3 Å². The van der Waals surface area contributed by atoms with Crippen LogP contribution in [0, 0.1) is 0 Å². The zero-order valence-corrected chi connectivity index (χ0v) is 9.04. The summed E-state index contributed by atoms with van der Waals surface area (Å²) in [5.74, 6) is 0. The number of nitrogens with zero attached hydrogens (tertiary/aromatic N) is 1. The molecule has 1 heterocycles. The average molecular weight is 200 g/mol. The molecule has 1 unspecified atom stereocenters. The summed E-state index contributed by atoms with van der Waals surface area (Å²) in [5, 5.41) is 3.44. The highest BCUT2D eigenvalue weighted by Gasteiger charge is 2.20. The number of nitrogens with one attached hydrogen (secondary N) is 1. The third-order valence-electron chi connectivity index (χ3n) is 2.86. The van der Waals surface area contributed by atoms with Gasteiger partial charge >= 0.3 is 0 Å². The predicted molar refractivity (Wildman–Crippen MR) is 60.2 cm³/mol. The van der Waals surface area contributed by atoms with Crippen molar-refractivity contribution in [2.75, 3.05) is 39.3 Å². The van der Waals surface area contributed by atoms with E-state index in [2.05, 4.69) is 10.2 Å². The van der Waals surface area contributed by atoms with Gasteiger partial charge in [0.15, 0.2) is 0 Å². The fourth-order valence-electron chi connectivity index (χ4n) is 2.03. The standard InChI is InChI=1S/C10H24N4/c11-4-1-3-10-9-13-6-8-14(10)7-2-5-12/h10,13H,1-9,11-12H2. The van der Waals surface area contributed by atoms with Crippen molar-refractivity contribution in [1.29, 1.82) is 0 Å². The van der Waals surface area contributed by atoms with Crippen LogP contribution in [0.15, 0.2) is 0 Å². The van der Waals surface area contributed by atoms with Gasteiger partial charge in [-0.05, 0) is 38.9 Å². The van der Waals surface area contributed by atoms with Crippen LogP contribution in [0.4, 0.5) is 0 Å². The maximum atomic E-state index is 5.53. The zero-order chi connectivity index (χ0) is 10.2. The van der Waals surface area contributed by atoms with Crippen LogP contribution in [0.1, 0.15) is 19.3 Å². The summed E-state index contributed by atoms with van der Waals surface area (Å²) in [7, 11) is 0. The second kappa shape index (κ2) is 7.17. The first kappa shape index (κ1) is 11.9. The second-order valence-corrected chi connectivity index (χ2v) is 3.97. The van der Waals surface area contributed by atoms with Gasteiger partial charge in [0, 0.05) is 25.7 Å². The van der Waals surface area contributed by atoms with E-state index in [1.54, 1.807) is 0 Å². The number of nitrogens with two attached hydrogens (primary N) is 2. The molecule has 1 rings (SSSR count). The molecule has 1 fully saturated rings. The van der Waals surface area contributed by atoms with E-state index in [0.29, 0.717) is 6.04 Å². The molecule has 0 amide bonds. The van der Waals surface area contributed by atoms with Crippen molar-refractivity contribution in [1.82, 2.24) is 10.2 Å². The van der Waals surface area contributed by atoms with E-state index in [4.69, 9.17) is 11.5 Å². The summed E-state index contributed by atoms with van der Waals surface area (Å²) in [4.78, 5) is 2.55. The second-order valence-electron chi connectivity index (χ2n) is 3.97. The SMILES string of the molecule is NCCCC1CNCCN1CCCN. The lowest BCUT2D eigenvalue weighted by Gasteiger charge is -2.36. The molecule has 0 aromatic heterocycles. The minimum absolute atomic E-state index is 0.679. The molecule has 84 valence electrons. The van der Waals surface area contributed by atoms with Gasteiger partial charge in [0.05, 0.1) is 0 Å². The van der Waals surface area contributed by atoms with Gasteiger partial charge in [0.1, 0.15) is 0 Å². The van der Waals surface area contributed by atoms with Crippen molar-refractivity contribution in [3.05, 3.63) is 0 Å². The zero-order valence-electron chi connectivity index (χ0n) is 9.04. The van der Waals surface area contributed by atoms with Gasteiger partial charge in [-0.15, -0.1) is 0 Å². The Kier molecular flexibility index (Phi) is 6.10. The highest BCUT2D eigenvalue weighted by atomic mass is 15.2. The van der Waals surface area contributed by atoms with Crippen LogP contribution >= 0.6 is 0 Å². The molecule has 0 bridgehead atoms. The van der Waals surface area contributed by atoms with Gasteiger partial charge in [-0.2, -0.15) is 0 Å². The number of hydrogen-bond donors (Lipinski definition) is 3. The molecule has 0 radical (unpaired) electrons. The fourth-order valence-corrected chi connectivity index (χ4v) is 2.03. The number of piperazine rings is 1. The van der Waals surface area contributed by atoms with Crippen LogP contribution < -0.4 is 16.8 Å². The van der Waals surface area contributed by atoms with Crippen molar-refractivity contribution in [2.24, 2.45) is 11.5 Å². The van der Waals surface area contributed by atoms with E-state index in [9.17, 15) is 0 Å². The highest BCUT2D eigenvalue weighted by molar-refractivity contribution is 4.79. The molecule has 0 spiro atoms. The first-order valence-electron chi connectivity index (χ1n) is 5.73. The largest absolute Gasteiger partial charge is 0.330 e. The maximum Gasteiger partial charge on any atom is 0.0221 e. The van der Waals surface area contributed by atoms with Gasteiger partial charge in [-0.1, -0.05) is 0 Å². The summed E-state index contributed by atoms with van der Waals surface area (Å²) in [6.45, 7) is 6.14. The van der Waals surface area contributed by atoms with Gasteiger partial charge in [0.2, 0.25) is 0 Å². The van der Waals surface area contributed by atoms with E-state index >= 15 is 0 Å². The molecular weight excluding hydrogens is 176 g/mol. The molecule has 1 aliphatic rings. The molecule has 5 N–H and O–H groups in total. The summed E-state index contributed by atoms with van der Waals surface area (Å²) >= 11 is 0. The third kappa shape index (κ3) is 3.92. The smallest absolute Gasteiger partial charge is 0.0221 e. The van der Waals surface area contributed by atoms with Crippen molar-refractivity contribution >= 4 is 0 Å². The Labute approximate surface area is 87.0 Å². The Morgan fingerprint density at radius 1 is 1.21 bits per heavy atom. The van der Waals surface area contributed by atoms with Crippen LogP contribution in [0.5, 0.6) is 0 Å². The van der Waals surface area contributed by atoms with Gasteiger partial charge in [0.25, 0.3) is 0 Å². The van der Waals surface area contributed by atoms with Crippen LogP contribution in [-0.2, 0) is 0 Å². The predicted octanol–water partition coefficient (Wildman–Crippen LogP) is -0.652. The summed E-state index contributed by atoms with van der Waals surface area (Å²) < 4.78 is 0. The topological polar surface area (TPSA) is 67.3 Å². The Hall–Kier alpha value is -0.160. The molecule has 1 aliphatic heterocycles. The number of rotatable bonds is 6. The molecule has 1 atom stereocenters. The summed E-state index contributed by atoms with van der Waals surface area (Å²) in [5.41, 5.74) is 11.1. The highest BCUT2D eigenvalue weighted by Crippen LogP contribution is 2.09. The van der Waals surface area contributed by atoms with Crippen molar-refractivity contribution in [3.8, 4) is 0 Å². The summed E-state index contributed by atoms with van der Waals surface area (Å²) in [6, 6.07) is 0.679. The molecule has 1 saturated heterocycles. The quantitative estimate of drug-likeness (QED) is 0.533. The van der Waals surface area contributed by atoms with Crippen LogP contribution in [0.2, 0.25) is 0 Å². The van der Waals surface area contributed by atoms with E-state index in [1.807, 2.05) is 0 Å². The normalized spacial score (nSPS) is 24.0. The number of hydrogen-bond acceptors (Lipinski definition) is 4. The van der Waals surface area contributed by atoms with E-state index in [0.717, 1.165) is 52.1 Å². The minimum Gasteiger partial charge on any atom is -0.330 e. The monoisotopic (exact) mass is 200 g/mol. The Morgan fingerprint density at radius 3 is 2.71 bits per heavy atom. The minimum atomic E-state index is 0.679. The van der Waals surface area contributed by atoms with E-state index in [-0.39, 0.29) is 0 Å². The summed E-state index contributed by atoms with van der Waals surface area (Å²) in [6.07, 6.45) is 3.46. The van der Waals surface area contributed by atoms with E-state index < -0.39 is 0 Å². The van der Waals surface area contributed by atoms with Crippen LogP contribution in [0.3, 0.4) is 0 Å². The van der Waals surface area contributed by atoms with Gasteiger partial charge in [-0.3, -0.25) is 4.90 Å². The molecule has 0 aliphatic carbocycles. The lowest BCUT2D eigenvalue weighted by molar-refractivity contribution is 0.151. The fraction of sp³-hybridized carbons (Fsp3) is 1.00. The molecule has 4 nitrogen and oxygen atoms in total. The molecule has 14 heavy (non-hydrogen) atoms. The maximum absolute atomic E-state index is 5.53.